The normalized spacial score (nSPS) is 25.4. The molecule has 16 heavy (non-hydrogen) atoms. The van der Waals surface area contributed by atoms with Crippen molar-refractivity contribution < 1.29 is 9.53 Å². The molecule has 1 amide bonds. The summed E-state index contributed by atoms with van der Waals surface area (Å²) in [4.78, 5) is 11.4. The maximum absolute atomic E-state index is 11.4. The molecule has 92 valence electrons. The summed E-state index contributed by atoms with van der Waals surface area (Å²) < 4.78 is 5.40. The van der Waals surface area contributed by atoms with Gasteiger partial charge in [0.25, 0.3) is 0 Å². The van der Waals surface area contributed by atoms with Gasteiger partial charge in [0.2, 0.25) is 5.91 Å². The van der Waals surface area contributed by atoms with Crippen LogP contribution in [0.2, 0.25) is 0 Å². The quantitative estimate of drug-likeness (QED) is 0.655. The number of hydrogen-bond donors (Lipinski definition) is 2. The SMILES string of the molecule is O=C(CCNCC1CCCOC1)NC1CC1. The van der Waals surface area contributed by atoms with Crippen molar-refractivity contribution in [1.82, 2.24) is 10.6 Å². The molecule has 2 rings (SSSR count). The maximum atomic E-state index is 11.4. The van der Waals surface area contributed by atoms with Crippen molar-refractivity contribution in [3.63, 3.8) is 0 Å². The zero-order valence-electron chi connectivity index (χ0n) is 9.84. The van der Waals surface area contributed by atoms with Gasteiger partial charge in [0, 0.05) is 32.2 Å². The van der Waals surface area contributed by atoms with Crippen LogP contribution < -0.4 is 10.6 Å². The summed E-state index contributed by atoms with van der Waals surface area (Å²) in [6, 6.07) is 0.485. The molecule has 4 nitrogen and oxygen atoms in total. The van der Waals surface area contributed by atoms with Gasteiger partial charge in [-0.05, 0) is 31.6 Å². The molecule has 1 heterocycles. The molecule has 2 N–H and O–H groups in total. The van der Waals surface area contributed by atoms with E-state index in [2.05, 4.69) is 10.6 Å². The van der Waals surface area contributed by atoms with Crippen LogP contribution in [0.4, 0.5) is 0 Å². The molecule has 0 radical (unpaired) electrons. The Labute approximate surface area is 97.1 Å². The van der Waals surface area contributed by atoms with Crippen molar-refractivity contribution in [3.05, 3.63) is 0 Å². The highest BCUT2D eigenvalue weighted by atomic mass is 16.5. The molecule has 4 heteroatoms. The summed E-state index contributed by atoms with van der Waals surface area (Å²) in [7, 11) is 0. The highest BCUT2D eigenvalue weighted by Crippen LogP contribution is 2.18. The van der Waals surface area contributed by atoms with Crippen LogP contribution in [0.25, 0.3) is 0 Å². The first-order chi connectivity index (χ1) is 7.84. The average molecular weight is 226 g/mol. The van der Waals surface area contributed by atoms with Crippen molar-refractivity contribution in [2.75, 3.05) is 26.3 Å². The van der Waals surface area contributed by atoms with Crippen LogP contribution in [0.3, 0.4) is 0 Å². The zero-order chi connectivity index (χ0) is 11.2. The molecule has 2 aliphatic rings. The zero-order valence-corrected chi connectivity index (χ0v) is 9.84. The highest BCUT2D eigenvalue weighted by Gasteiger charge is 2.22. The number of amides is 1. The summed E-state index contributed by atoms with van der Waals surface area (Å²) in [5.41, 5.74) is 0. The first-order valence-electron chi connectivity index (χ1n) is 6.42. The fourth-order valence-corrected chi connectivity index (χ4v) is 2.00. The second-order valence-corrected chi connectivity index (χ2v) is 4.88. The standard InChI is InChI=1S/C12H22N2O2/c15-12(14-11-3-4-11)5-6-13-8-10-2-1-7-16-9-10/h10-11,13H,1-9H2,(H,14,15). The van der Waals surface area contributed by atoms with E-state index in [1.165, 1.54) is 25.7 Å². The van der Waals surface area contributed by atoms with Gasteiger partial charge in [0.05, 0.1) is 6.61 Å². The second-order valence-electron chi connectivity index (χ2n) is 4.88. The van der Waals surface area contributed by atoms with Gasteiger partial charge < -0.3 is 15.4 Å². The minimum atomic E-state index is 0.190. The lowest BCUT2D eigenvalue weighted by Gasteiger charge is -2.22. The smallest absolute Gasteiger partial charge is 0.221 e. The van der Waals surface area contributed by atoms with Crippen LogP contribution in [0.15, 0.2) is 0 Å². The Morgan fingerprint density at radius 2 is 2.19 bits per heavy atom. The second kappa shape index (κ2) is 6.21. The van der Waals surface area contributed by atoms with Crippen molar-refractivity contribution in [2.45, 2.75) is 38.1 Å². The topological polar surface area (TPSA) is 50.4 Å². The molecule has 0 aromatic rings. The van der Waals surface area contributed by atoms with E-state index in [1.54, 1.807) is 0 Å². The predicted octanol–water partition coefficient (Wildman–Crippen LogP) is 0.671. The number of nitrogens with one attached hydrogen (secondary N) is 2. The molecule has 1 unspecified atom stereocenters. The van der Waals surface area contributed by atoms with Gasteiger partial charge in [0.1, 0.15) is 0 Å². The fraction of sp³-hybridized carbons (Fsp3) is 0.917. The van der Waals surface area contributed by atoms with Crippen LogP contribution in [0, 0.1) is 5.92 Å². The third-order valence-corrected chi connectivity index (χ3v) is 3.16. The highest BCUT2D eigenvalue weighted by molar-refractivity contribution is 5.76. The number of carbonyl (C=O) groups excluding carboxylic acids is 1. The van der Waals surface area contributed by atoms with Crippen molar-refractivity contribution in [1.29, 1.82) is 0 Å². The first-order valence-corrected chi connectivity index (χ1v) is 6.42. The Hall–Kier alpha value is -0.610. The molecule has 1 aliphatic heterocycles. The molecule has 1 aliphatic carbocycles. The van der Waals surface area contributed by atoms with E-state index in [0.717, 1.165) is 26.3 Å². The molecule has 1 saturated carbocycles. The van der Waals surface area contributed by atoms with Gasteiger partial charge in [-0.15, -0.1) is 0 Å². The van der Waals surface area contributed by atoms with Crippen LogP contribution in [-0.2, 0) is 9.53 Å². The van der Waals surface area contributed by atoms with Crippen LogP contribution in [0.1, 0.15) is 32.1 Å². The third kappa shape index (κ3) is 4.49. The Morgan fingerprint density at radius 1 is 1.31 bits per heavy atom. The number of ether oxygens (including phenoxy) is 1. The minimum absolute atomic E-state index is 0.190. The molecule has 0 spiro atoms. The molecule has 0 aromatic carbocycles. The largest absolute Gasteiger partial charge is 0.381 e. The molecule has 0 aromatic heterocycles. The number of carbonyl (C=O) groups is 1. The van der Waals surface area contributed by atoms with Gasteiger partial charge in [-0.1, -0.05) is 0 Å². The lowest BCUT2D eigenvalue weighted by molar-refractivity contribution is -0.121. The fourth-order valence-electron chi connectivity index (χ4n) is 2.00. The third-order valence-electron chi connectivity index (χ3n) is 3.16. The van der Waals surface area contributed by atoms with E-state index in [0.29, 0.717) is 18.4 Å². The summed E-state index contributed by atoms with van der Waals surface area (Å²) in [6.45, 7) is 3.56. The lowest BCUT2D eigenvalue weighted by atomic mass is 10.0. The molecular weight excluding hydrogens is 204 g/mol. The van der Waals surface area contributed by atoms with Gasteiger partial charge in [0.15, 0.2) is 0 Å². The predicted molar refractivity (Wildman–Crippen MR) is 62.2 cm³/mol. The van der Waals surface area contributed by atoms with E-state index >= 15 is 0 Å². The van der Waals surface area contributed by atoms with Crippen LogP contribution in [0.5, 0.6) is 0 Å². The number of hydrogen-bond acceptors (Lipinski definition) is 3. The lowest BCUT2D eigenvalue weighted by Crippen LogP contribution is -2.33. The van der Waals surface area contributed by atoms with Gasteiger partial charge in [-0.25, -0.2) is 0 Å². The minimum Gasteiger partial charge on any atom is -0.381 e. The Kier molecular flexibility index (Phi) is 4.60. The van der Waals surface area contributed by atoms with Gasteiger partial charge >= 0.3 is 0 Å². The first kappa shape index (κ1) is 11.9. The van der Waals surface area contributed by atoms with Crippen molar-refractivity contribution in [3.8, 4) is 0 Å². The summed E-state index contributed by atoms with van der Waals surface area (Å²) in [5.74, 6) is 0.829. The summed E-state index contributed by atoms with van der Waals surface area (Å²) >= 11 is 0. The van der Waals surface area contributed by atoms with Crippen LogP contribution >= 0.6 is 0 Å². The number of rotatable bonds is 6. The Bertz CT molecular complexity index is 223. The van der Waals surface area contributed by atoms with E-state index in [9.17, 15) is 4.79 Å². The van der Waals surface area contributed by atoms with Crippen molar-refractivity contribution >= 4 is 5.91 Å². The summed E-state index contributed by atoms with van der Waals surface area (Å²) in [5, 5.41) is 6.33. The Balaban J connectivity index is 1.45. The molecular formula is C12H22N2O2. The van der Waals surface area contributed by atoms with Crippen LogP contribution in [-0.4, -0.2) is 38.3 Å². The average Bonchev–Trinajstić information content (AvgIpc) is 3.10. The van der Waals surface area contributed by atoms with E-state index in [1.807, 2.05) is 0 Å². The van der Waals surface area contributed by atoms with Gasteiger partial charge in [-0.2, -0.15) is 0 Å². The van der Waals surface area contributed by atoms with Crippen molar-refractivity contribution in [2.24, 2.45) is 5.92 Å². The monoisotopic (exact) mass is 226 g/mol. The maximum Gasteiger partial charge on any atom is 0.221 e. The van der Waals surface area contributed by atoms with E-state index < -0.39 is 0 Å². The van der Waals surface area contributed by atoms with E-state index in [4.69, 9.17) is 4.74 Å². The summed E-state index contributed by atoms with van der Waals surface area (Å²) in [6.07, 6.45) is 5.36. The molecule has 0 bridgehead atoms. The molecule has 1 atom stereocenters. The molecule has 1 saturated heterocycles. The Morgan fingerprint density at radius 3 is 2.88 bits per heavy atom. The van der Waals surface area contributed by atoms with E-state index in [-0.39, 0.29) is 5.91 Å². The van der Waals surface area contributed by atoms with Gasteiger partial charge in [-0.3, -0.25) is 4.79 Å². The molecule has 2 fully saturated rings.